The highest BCUT2D eigenvalue weighted by molar-refractivity contribution is 7.98. The summed E-state index contributed by atoms with van der Waals surface area (Å²) in [5.41, 5.74) is 5.15. The predicted octanol–water partition coefficient (Wildman–Crippen LogP) is 15.0. The maximum atomic E-state index is 14.5. The van der Waals surface area contributed by atoms with Crippen molar-refractivity contribution in [3.63, 3.8) is 0 Å². The van der Waals surface area contributed by atoms with Crippen molar-refractivity contribution >= 4 is 35.3 Å². The van der Waals surface area contributed by atoms with Crippen molar-refractivity contribution in [1.29, 1.82) is 0 Å². The minimum absolute atomic E-state index is 0.0337. The van der Waals surface area contributed by atoms with Gasteiger partial charge in [-0.25, -0.2) is 8.78 Å². The molecule has 1 unspecified atom stereocenters. The van der Waals surface area contributed by atoms with E-state index in [0.29, 0.717) is 99.0 Å². The Morgan fingerprint density at radius 1 is 0.516 bits per heavy atom. The lowest BCUT2D eigenvalue weighted by Gasteiger charge is -2.33. The molecule has 0 N–H and O–H groups in total. The van der Waals surface area contributed by atoms with Crippen LogP contribution in [0.2, 0.25) is 0 Å². The number of halogens is 8. The molecule has 0 radical (unpaired) electrons. The number of alkyl halides is 6. The fourth-order valence-corrected chi connectivity index (χ4v) is 13.2. The maximum Gasteiger partial charge on any atom is 0.416 e. The van der Waals surface area contributed by atoms with Gasteiger partial charge in [0, 0.05) is 77.7 Å². The average molecular weight is 1360 g/mol. The van der Waals surface area contributed by atoms with Gasteiger partial charge in [0.1, 0.15) is 24.7 Å². The van der Waals surface area contributed by atoms with Gasteiger partial charge in [-0.2, -0.15) is 36.3 Å². The number of nitrogens with zero attached hydrogens (tertiary/aromatic N) is 8. The monoisotopic (exact) mass is 1360 g/mol. The van der Waals surface area contributed by atoms with Gasteiger partial charge in [-0.05, 0) is 164 Å². The Morgan fingerprint density at radius 2 is 0.884 bits per heavy atom. The molecule has 0 spiro atoms. The van der Waals surface area contributed by atoms with E-state index < -0.39 is 67.2 Å². The van der Waals surface area contributed by atoms with Crippen LogP contribution in [0.4, 0.5) is 35.1 Å². The minimum Gasteiger partial charge on any atom is -0.336 e. The lowest BCUT2D eigenvalue weighted by atomic mass is 9.99. The normalized spacial score (nSPS) is 15.5. The molecule has 2 aliphatic carbocycles. The van der Waals surface area contributed by atoms with Gasteiger partial charge in [0.05, 0.1) is 18.5 Å². The Balaban J connectivity index is 0.000000241. The first-order valence-electron chi connectivity index (χ1n) is 35.2. The van der Waals surface area contributed by atoms with Gasteiger partial charge in [-0.1, -0.05) is 148 Å². The lowest BCUT2D eigenvalue weighted by Crippen LogP contribution is -2.42. The minimum atomic E-state index is -4.48. The van der Waals surface area contributed by atoms with Crippen LogP contribution < -0.4 is 11.1 Å². The summed E-state index contributed by atoms with van der Waals surface area (Å²) in [6, 6.07) is 33.0. The number of hydrogen-bond acceptors (Lipinski definition) is 10. The smallest absolute Gasteiger partial charge is 0.336 e. The Bertz CT molecular complexity index is 4410. The summed E-state index contributed by atoms with van der Waals surface area (Å²) in [4.78, 5) is 68.1. The molecule has 95 heavy (non-hydrogen) atoms. The number of rotatable bonds is 26. The van der Waals surface area contributed by atoms with E-state index in [1.54, 1.807) is 81.9 Å². The molecule has 8 aromatic rings. The fraction of sp³-hybridized carbons (Fsp3) is 0.370. The summed E-state index contributed by atoms with van der Waals surface area (Å²) in [5.74, 6) is -0.987. The molecule has 502 valence electrons. The Labute approximate surface area is 570 Å². The summed E-state index contributed by atoms with van der Waals surface area (Å²) < 4.78 is 185. The fourth-order valence-electron chi connectivity index (χ4n) is 11.3. The largest absolute Gasteiger partial charge is 0.416 e. The summed E-state index contributed by atoms with van der Waals surface area (Å²) in [6.07, 6.45) is -5.38. The first kappa shape index (κ1) is 59.6. The summed E-state index contributed by atoms with van der Waals surface area (Å²) in [5, 5.41) is 0.618. The molecule has 2 amide bonds. The number of benzene rings is 6. The van der Waals surface area contributed by atoms with E-state index in [4.69, 9.17) is 11.0 Å². The van der Waals surface area contributed by atoms with Crippen molar-refractivity contribution < 1.29 is 57.0 Å². The quantitative estimate of drug-likeness (QED) is 0.0295. The second-order valence-electron chi connectivity index (χ2n) is 22.5. The molecule has 12 nitrogen and oxygen atoms in total. The Hall–Kier alpha value is -7.92. The number of aromatic nitrogens is 4. The van der Waals surface area contributed by atoms with E-state index in [2.05, 4.69) is 9.97 Å². The standard InChI is InChI=1S/C37H40F4N4O2S.C36H38F4N4O2S/c1-4-43(5-2)21-22-44(25(3)27-11-13-28(14-12-27)29-15-17-30(18-16-29)37(39,40)41)34(46)23-45-33-8-6-7-32(33)35(47)42-36(45)48-24-26-9-19-31(38)20-10-26;1-3-42(4-2)20-21-43(22-25-8-12-27(13-9-25)28-14-16-29(17-15-28)36(38,39)40)33(45)23-44-32-7-5-6-31(32)34(46)41-35(44)47-24-26-10-18-30(37)19-11-26/h9-20,25H,4-8,21-24H2,1-3H3;8-19H,3-7,20-24H2,1-2H3/i4D2,5D2,25D;3D2,4D2. The number of thioether (sulfide) groups is 2. The maximum absolute atomic E-state index is 14.5. The van der Waals surface area contributed by atoms with Crippen molar-refractivity contribution in [3.05, 3.63) is 234 Å². The van der Waals surface area contributed by atoms with Crippen LogP contribution in [0.25, 0.3) is 22.3 Å². The molecule has 2 aliphatic rings. The number of fused-ring (bicyclic) bond motifs is 2. The van der Waals surface area contributed by atoms with Crippen LogP contribution in [0.1, 0.15) is 122 Å². The SMILES string of the molecule is [2H]C([2H])(C)N(CCN(C(=O)Cn1c(SCc2ccc(F)cc2)nc(=O)c2c1CCC2)C([2H])(C)c1ccc(-c2ccc(C(F)(F)F)cc2)cc1)C([2H])([2H])C.[2H]C([2H])(C)N(CCN(Cc1ccc(-c2ccc(C(F)(F)F)cc2)cc1)C(=O)Cn1c(SCc2ccc(F)cc2)nc(=O)c2c1CCC2)C([2H])([2H])C. The van der Waals surface area contributed by atoms with Crippen LogP contribution in [-0.2, 0) is 78.8 Å². The van der Waals surface area contributed by atoms with Crippen molar-refractivity contribution in [1.82, 2.24) is 38.7 Å². The first-order chi connectivity index (χ1) is 48.6. The van der Waals surface area contributed by atoms with Crippen molar-refractivity contribution in [2.75, 3.05) is 52.2 Å². The van der Waals surface area contributed by atoms with Crippen LogP contribution in [0.15, 0.2) is 165 Å². The van der Waals surface area contributed by atoms with Crippen LogP contribution in [-0.4, -0.2) is 103 Å². The molecular weight excluding hydrogens is 1270 g/mol. The number of carbonyl (C=O) groups excluding carboxylic acids is 2. The van der Waals surface area contributed by atoms with E-state index in [1.165, 1.54) is 116 Å². The topological polar surface area (TPSA) is 117 Å². The Morgan fingerprint density at radius 3 is 1.28 bits per heavy atom. The van der Waals surface area contributed by atoms with Gasteiger partial charge in [-0.3, -0.25) is 19.2 Å². The molecule has 0 bridgehead atoms. The van der Waals surface area contributed by atoms with Gasteiger partial charge in [-0.15, -0.1) is 0 Å². The highest BCUT2D eigenvalue weighted by Gasteiger charge is 2.32. The molecule has 10 rings (SSSR count). The number of amides is 2. The highest BCUT2D eigenvalue weighted by atomic mass is 32.2. The van der Waals surface area contributed by atoms with Crippen molar-refractivity contribution in [2.24, 2.45) is 0 Å². The molecule has 0 saturated heterocycles. The van der Waals surface area contributed by atoms with Gasteiger partial charge in [0.15, 0.2) is 10.3 Å². The summed E-state index contributed by atoms with van der Waals surface area (Å²) in [6.45, 7) is -3.03. The first-order valence-corrected chi connectivity index (χ1v) is 32.7. The third-order valence-corrected chi connectivity index (χ3v) is 18.6. The molecule has 0 saturated carbocycles. The lowest BCUT2D eigenvalue weighted by molar-refractivity contribution is -0.138. The summed E-state index contributed by atoms with van der Waals surface area (Å²) in [7, 11) is 0. The van der Waals surface area contributed by atoms with Crippen LogP contribution in [0.3, 0.4) is 0 Å². The second-order valence-corrected chi connectivity index (χ2v) is 24.4. The van der Waals surface area contributed by atoms with Crippen LogP contribution >= 0.6 is 23.5 Å². The van der Waals surface area contributed by atoms with Gasteiger partial charge in [0.25, 0.3) is 11.1 Å². The van der Waals surface area contributed by atoms with Crippen LogP contribution in [0, 0.1) is 11.6 Å². The van der Waals surface area contributed by atoms with E-state index in [9.17, 15) is 55.7 Å². The number of carbonyl (C=O) groups is 2. The van der Waals surface area contributed by atoms with Crippen molar-refractivity contribution in [2.45, 2.75) is 133 Å². The molecule has 2 heterocycles. The molecule has 22 heteroatoms. The van der Waals surface area contributed by atoms with Gasteiger partial charge in [0.2, 0.25) is 11.8 Å². The van der Waals surface area contributed by atoms with E-state index in [1.807, 2.05) is 0 Å². The van der Waals surface area contributed by atoms with Gasteiger partial charge < -0.3 is 28.7 Å². The van der Waals surface area contributed by atoms with Gasteiger partial charge >= 0.3 is 12.4 Å². The summed E-state index contributed by atoms with van der Waals surface area (Å²) >= 11 is 2.47. The predicted molar refractivity (Wildman–Crippen MR) is 358 cm³/mol. The zero-order chi connectivity index (χ0) is 76.1. The Kier molecular flexibility index (Phi) is 20.5. The van der Waals surface area contributed by atoms with E-state index in [-0.39, 0.29) is 73.8 Å². The molecular formula is C73H78F8N8O4S2. The number of hydrogen-bond donors (Lipinski definition) is 0. The van der Waals surface area contributed by atoms with Crippen molar-refractivity contribution in [3.8, 4) is 22.3 Å². The molecule has 1 atom stereocenters. The molecule has 0 fully saturated rings. The van der Waals surface area contributed by atoms with E-state index in [0.717, 1.165) is 57.3 Å². The molecule has 0 aliphatic heterocycles. The second kappa shape index (κ2) is 32.7. The highest BCUT2D eigenvalue weighted by Crippen LogP contribution is 2.35. The zero-order valence-electron chi connectivity index (χ0n) is 62.0. The average Bonchev–Trinajstić information content (AvgIpc) is 1.75. The molecule has 2 aromatic heterocycles. The van der Waals surface area contributed by atoms with E-state index >= 15 is 0 Å². The third kappa shape index (κ3) is 18.8. The zero-order valence-corrected chi connectivity index (χ0v) is 54.6. The van der Waals surface area contributed by atoms with Crippen LogP contribution in [0.5, 0.6) is 0 Å². The number of likely N-dealkylation sites (N-methyl/N-ethyl adjacent to an activating group) is 2. The molecule has 6 aromatic carbocycles. The third-order valence-electron chi connectivity index (χ3n) is 16.6.